The van der Waals surface area contributed by atoms with Crippen LogP contribution in [0.1, 0.15) is 21.5 Å². The second-order valence-corrected chi connectivity index (χ2v) is 6.52. The van der Waals surface area contributed by atoms with Crippen LogP contribution in [0.2, 0.25) is 0 Å². The standard InChI is InChI=1S/C20H12F3N3OS/c21-20(22,23)14-9-1-2-10-15(14)24-19(28)26-25-17-12-7-3-5-11-6-4-8-13(16(11)12)18(17)27/h1-10H,(H2,24,26,28)/b25-17-. The van der Waals surface area contributed by atoms with Gasteiger partial charge in [0.05, 0.1) is 11.3 Å². The minimum absolute atomic E-state index is 0.153. The molecule has 1 aliphatic rings. The highest BCUT2D eigenvalue weighted by Gasteiger charge is 2.33. The van der Waals surface area contributed by atoms with Crippen molar-refractivity contribution in [2.24, 2.45) is 5.10 Å². The zero-order valence-corrected chi connectivity index (χ0v) is 15.0. The van der Waals surface area contributed by atoms with Gasteiger partial charge in [-0.2, -0.15) is 18.3 Å². The van der Waals surface area contributed by atoms with Crippen molar-refractivity contribution in [1.29, 1.82) is 0 Å². The molecule has 0 saturated carbocycles. The van der Waals surface area contributed by atoms with E-state index in [0.29, 0.717) is 11.1 Å². The lowest BCUT2D eigenvalue weighted by molar-refractivity contribution is -0.136. The van der Waals surface area contributed by atoms with Gasteiger partial charge < -0.3 is 5.32 Å². The van der Waals surface area contributed by atoms with Crippen LogP contribution in [0.5, 0.6) is 0 Å². The van der Waals surface area contributed by atoms with Gasteiger partial charge in [-0.25, -0.2) is 0 Å². The number of nitrogens with zero attached hydrogens (tertiary/aromatic N) is 1. The predicted octanol–water partition coefficient (Wildman–Crippen LogP) is 4.75. The summed E-state index contributed by atoms with van der Waals surface area (Å²) in [6.45, 7) is 0. The van der Waals surface area contributed by atoms with E-state index >= 15 is 0 Å². The first-order valence-corrected chi connectivity index (χ1v) is 8.65. The van der Waals surface area contributed by atoms with Crippen molar-refractivity contribution in [3.05, 3.63) is 77.4 Å². The molecular formula is C20H12F3N3OS. The molecule has 0 saturated heterocycles. The summed E-state index contributed by atoms with van der Waals surface area (Å²) >= 11 is 5.05. The van der Waals surface area contributed by atoms with Gasteiger partial charge in [-0.3, -0.25) is 10.2 Å². The van der Waals surface area contributed by atoms with Crippen molar-refractivity contribution in [2.45, 2.75) is 6.18 Å². The fraction of sp³-hybridized carbons (Fsp3) is 0.0500. The first kappa shape index (κ1) is 18.1. The van der Waals surface area contributed by atoms with Gasteiger partial charge in [0.25, 0.3) is 0 Å². The number of hydrogen-bond acceptors (Lipinski definition) is 3. The van der Waals surface area contributed by atoms with Crippen LogP contribution in [0.15, 0.2) is 65.8 Å². The monoisotopic (exact) mass is 399 g/mol. The average Bonchev–Trinajstić information content (AvgIpc) is 2.94. The van der Waals surface area contributed by atoms with Gasteiger partial charge in [0.15, 0.2) is 5.11 Å². The van der Waals surface area contributed by atoms with Crippen molar-refractivity contribution in [3.63, 3.8) is 0 Å². The van der Waals surface area contributed by atoms with E-state index < -0.39 is 11.7 Å². The van der Waals surface area contributed by atoms with Crippen molar-refractivity contribution in [3.8, 4) is 0 Å². The summed E-state index contributed by atoms with van der Waals surface area (Å²) in [5.41, 5.74) is 2.80. The van der Waals surface area contributed by atoms with Gasteiger partial charge in [0, 0.05) is 16.5 Å². The second-order valence-electron chi connectivity index (χ2n) is 6.11. The maximum Gasteiger partial charge on any atom is 0.418 e. The average molecular weight is 399 g/mol. The summed E-state index contributed by atoms with van der Waals surface area (Å²) in [4.78, 5) is 12.7. The Morgan fingerprint density at radius 3 is 2.32 bits per heavy atom. The van der Waals surface area contributed by atoms with Crippen LogP contribution in [0.3, 0.4) is 0 Å². The first-order valence-electron chi connectivity index (χ1n) is 8.24. The molecule has 0 heterocycles. The van der Waals surface area contributed by atoms with E-state index in [1.54, 1.807) is 18.2 Å². The highest BCUT2D eigenvalue weighted by Crippen LogP contribution is 2.34. The largest absolute Gasteiger partial charge is 0.418 e. The van der Waals surface area contributed by atoms with Gasteiger partial charge in [-0.15, -0.1) is 0 Å². The lowest BCUT2D eigenvalue weighted by Gasteiger charge is -2.14. The number of Topliss-reactive ketones (excluding diaryl/α,β-unsaturated/α-hetero) is 1. The molecule has 8 heteroatoms. The Kier molecular flexibility index (Phi) is 4.35. The zero-order valence-electron chi connectivity index (χ0n) is 14.2. The third-order valence-corrected chi connectivity index (χ3v) is 4.56. The van der Waals surface area contributed by atoms with Gasteiger partial charge in [-0.05, 0) is 29.7 Å². The number of para-hydroxylation sites is 1. The topological polar surface area (TPSA) is 53.5 Å². The number of carbonyl (C=O) groups excluding carboxylic acids is 1. The number of alkyl halides is 3. The number of benzene rings is 3. The number of thiocarbonyl (C=S) groups is 1. The number of rotatable bonds is 2. The number of anilines is 1. The molecule has 0 spiro atoms. The van der Waals surface area contributed by atoms with Crippen molar-refractivity contribution < 1.29 is 18.0 Å². The fourth-order valence-electron chi connectivity index (χ4n) is 3.18. The van der Waals surface area contributed by atoms with Gasteiger partial charge >= 0.3 is 6.18 Å². The van der Waals surface area contributed by atoms with E-state index in [1.165, 1.54) is 18.2 Å². The third-order valence-electron chi connectivity index (χ3n) is 4.37. The Balaban J connectivity index is 1.59. The zero-order chi connectivity index (χ0) is 19.9. The van der Waals surface area contributed by atoms with Crippen LogP contribution in [0, 0.1) is 0 Å². The molecule has 0 fully saturated rings. The normalized spacial score (nSPS) is 14.5. The van der Waals surface area contributed by atoms with Gasteiger partial charge in [0.1, 0.15) is 5.71 Å². The van der Waals surface area contributed by atoms with Crippen molar-refractivity contribution in [2.75, 3.05) is 5.32 Å². The molecule has 0 bridgehead atoms. The Morgan fingerprint density at radius 1 is 0.929 bits per heavy atom. The molecule has 3 aromatic carbocycles. The molecule has 0 radical (unpaired) electrons. The quantitative estimate of drug-likeness (QED) is 0.483. The lowest BCUT2D eigenvalue weighted by Crippen LogP contribution is -2.27. The lowest BCUT2D eigenvalue weighted by atomic mass is 10.1. The highest BCUT2D eigenvalue weighted by atomic mass is 32.1. The number of hydrogen-bond donors (Lipinski definition) is 2. The number of halogens is 3. The SMILES string of the molecule is O=C1/C(=N\NC(=S)Nc2ccccc2C(F)(F)F)c2cccc3cccc1c23. The van der Waals surface area contributed by atoms with Crippen LogP contribution in [-0.2, 0) is 6.18 Å². The Bertz CT molecular complexity index is 1150. The van der Waals surface area contributed by atoms with E-state index in [-0.39, 0.29) is 22.3 Å². The minimum Gasteiger partial charge on any atom is -0.331 e. The van der Waals surface area contributed by atoms with Crippen molar-refractivity contribution >= 4 is 45.3 Å². The van der Waals surface area contributed by atoms with Gasteiger partial charge in [0.2, 0.25) is 5.78 Å². The van der Waals surface area contributed by atoms with Crippen molar-refractivity contribution in [1.82, 2.24) is 5.43 Å². The van der Waals surface area contributed by atoms with Crippen LogP contribution in [0.4, 0.5) is 18.9 Å². The van der Waals surface area contributed by atoms with Crippen LogP contribution in [0.25, 0.3) is 10.8 Å². The molecule has 140 valence electrons. The maximum atomic E-state index is 13.1. The van der Waals surface area contributed by atoms with Crippen LogP contribution >= 0.6 is 12.2 Å². The molecule has 0 aliphatic heterocycles. The molecule has 0 amide bonds. The highest BCUT2D eigenvalue weighted by molar-refractivity contribution is 7.80. The van der Waals surface area contributed by atoms with Gasteiger partial charge in [-0.1, -0.05) is 48.5 Å². The third kappa shape index (κ3) is 3.11. The summed E-state index contributed by atoms with van der Waals surface area (Å²) in [6.07, 6.45) is -4.52. The van der Waals surface area contributed by atoms with E-state index in [4.69, 9.17) is 12.2 Å². The molecule has 0 aromatic heterocycles. The van der Waals surface area contributed by atoms with Crippen LogP contribution in [-0.4, -0.2) is 16.6 Å². The predicted molar refractivity (Wildman–Crippen MR) is 106 cm³/mol. The summed E-state index contributed by atoms with van der Waals surface area (Å²) in [7, 11) is 0. The summed E-state index contributed by atoms with van der Waals surface area (Å²) in [6, 6.07) is 15.8. The molecule has 1 aliphatic carbocycles. The Labute approximate surface area is 163 Å². The number of carbonyl (C=O) groups is 1. The number of nitrogens with one attached hydrogen (secondary N) is 2. The molecule has 28 heavy (non-hydrogen) atoms. The molecule has 4 rings (SSSR count). The molecule has 3 aromatic rings. The molecule has 0 unspecified atom stereocenters. The second kappa shape index (κ2) is 6.72. The van der Waals surface area contributed by atoms with E-state index in [1.807, 2.05) is 18.2 Å². The first-order chi connectivity index (χ1) is 13.4. The smallest absolute Gasteiger partial charge is 0.331 e. The van der Waals surface area contributed by atoms with Crippen LogP contribution < -0.4 is 10.7 Å². The molecule has 4 nitrogen and oxygen atoms in total. The summed E-state index contributed by atoms with van der Waals surface area (Å²) in [5, 5.41) is 8.11. The van der Waals surface area contributed by atoms with E-state index in [9.17, 15) is 18.0 Å². The molecule has 0 atom stereocenters. The fourth-order valence-corrected chi connectivity index (χ4v) is 3.34. The van der Waals surface area contributed by atoms with E-state index in [2.05, 4.69) is 15.8 Å². The molecular weight excluding hydrogens is 387 g/mol. The summed E-state index contributed by atoms with van der Waals surface area (Å²) < 4.78 is 39.3. The van der Waals surface area contributed by atoms with E-state index in [0.717, 1.165) is 16.8 Å². The molecule has 2 N–H and O–H groups in total. The minimum atomic E-state index is -4.52. The Hall–Kier alpha value is -3.26. The summed E-state index contributed by atoms with van der Waals surface area (Å²) in [5.74, 6) is -0.266. The number of ketones is 1. The number of hydrazone groups is 1. The maximum absolute atomic E-state index is 13.1. The Morgan fingerprint density at radius 2 is 1.61 bits per heavy atom.